The molecule has 0 fully saturated rings. The van der Waals surface area contributed by atoms with Gasteiger partial charge in [0.15, 0.2) is 17.2 Å². The lowest BCUT2D eigenvalue weighted by molar-refractivity contribution is -0.274. The Kier molecular flexibility index (Phi) is 3.35. The molecular formula is C14H12F3N5O. The van der Waals surface area contributed by atoms with E-state index >= 15 is 0 Å². The molecule has 23 heavy (non-hydrogen) atoms. The van der Waals surface area contributed by atoms with Gasteiger partial charge in [0, 0.05) is 11.8 Å². The molecule has 0 saturated heterocycles. The number of ether oxygens (including phenoxy) is 1. The van der Waals surface area contributed by atoms with Crippen LogP contribution < -0.4 is 10.5 Å². The number of nitrogens with zero attached hydrogens (tertiary/aromatic N) is 4. The van der Waals surface area contributed by atoms with E-state index in [0.29, 0.717) is 16.9 Å². The summed E-state index contributed by atoms with van der Waals surface area (Å²) in [6, 6.07) is 2.87. The molecule has 0 bridgehead atoms. The van der Waals surface area contributed by atoms with Crippen LogP contribution in [-0.2, 0) is 0 Å². The fourth-order valence-electron chi connectivity index (χ4n) is 2.19. The van der Waals surface area contributed by atoms with Crippen molar-refractivity contribution in [3.05, 3.63) is 35.8 Å². The van der Waals surface area contributed by atoms with Gasteiger partial charge in [-0.1, -0.05) is 0 Å². The van der Waals surface area contributed by atoms with Crippen LogP contribution in [0.15, 0.2) is 24.5 Å². The standard InChI is InChI=1S/C14H12F3N5O/c1-7-3-10(21-22-6-8(2)20-13(7)22)9-4-11(12(18)19-5-9)23-14(15,16)17/h3-6H,1-2H3,(H2,18,19). The van der Waals surface area contributed by atoms with Crippen molar-refractivity contribution in [1.82, 2.24) is 19.6 Å². The normalized spacial score (nSPS) is 11.9. The van der Waals surface area contributed by atoms with Crippen molar-refractivity contribution in [1.29, 1.82) is 0 Å². The Morgan fingerprint density at radius 3 is 2.65 bits per heavy atom. The molecule has 0 radical (unpaired) electrons. The number of rotatable bonds is 2. The van der Waals surface area contributed by atoms with Gasteiger partial charge in [-0.2, -0.15) is 5.10 Å². The Morgan fingerprint density at radius 1 is 1.22 bits per heavy atom. The molecule has 0 aliphatic rings. The second kappa shape index (κ2) is 5.11. The van der Waals surface area contributed by atoms with E-state index in [1.807, 2.05) is 13.8 Å². The highest BCUT2D eigenvalue weighted by Crippen LogP contribution is 2.31. The third-order valence-electron chi connectivity index (χ3n) is 3.13. The maximum absolute atomic E-state index is 12.4. The first kappa shape index (κ1) is 15.1. The first-order valence-electron chi connectivity index (χ1n) is 6.58. The van der Waals surface area contributed by atoms with Crippen LogP contribution in [0.2, 0.25) is 0 Å². The molecule has 0 saturated carbocycles. The van der Waals surface area contributed by atoms with Gasteiger partial charge in [0.05, 0.1) is 17.6 Å². The number of halogens is 3. The Labute approximate surface area is 128 Å². The summed E-state index contributed by atoms with van der Waals surface area (Å²) in [5.41, 5.74) is 8.52. The van der Waals surface area contributed by atoms with Crippen molar-refractivity contribution >= 4 is 11.5 Å². The lowest BCUT2D eigenvalue weighted by atomic mass is 10.1. The van der Waals surface area contributed by atoms with Crippen LogP contribution in [0, 0.1) is 13.8 Å². The Balaban J connectivity index is 2.09. The van der Waals surface area contributed by atoms with Gasteiger partial charge in [-0.05, 0) is 31.5 Å². The molecule has 0 spiro atoms. The highest BCUT2D eigenvalue weighted by atomic mass is 19.4. The number of anilines is 1. The number of hydrogen-bond acceptors (Lipinski definition) is 5. The molecule has 3 aromatic heterocycles. The maximum atomic E-state index is 12.4. The average Bonchev–Trinajstić information content (AvgIpc) is 2.81. The highest BCUT2D eigenvalue weighted by Gasteiger charge is 2.32. The zero-order chi connectivity index (χ0) is 16.8. The third-order valence-corrected chi connectivity index (χ3v) is 3.13. The molecule has 0 aliphatic carbocycles. The van der Waals surface area contributed by atoms with E-state index in [1.54, 1.807) is 16.8 Å². The topological polar surface area (TPSA) is 78.3 Å². The summed E-state index contributed by atoms with van der Waals surface area (Å²) < 4.78 is 42.6. The smallest absolute Gasteiger partial charge is 0.402 e. The van der Waals surface area contributed by atoms with Crippen LogP contribution >= 0.6 is 0 Å². The number of nitrogen functional groups attached to an aromatic ring is 1. The molecular weight excluding hydrogens is 311 g/mol. The van der Waals surface area contributed by atoms with Crippen LogP contribution in [0.5, 0.6) is 5.75 Å². The molecule has 0 amide bonds. The van der Waals surface area contributed by atoms with Crippen LogP contribution in [0.3, 0.4) is 0 Å². The molecule has 3 heterocycles. The van der Waals surface area contributed by atoms with E-state index in [1.165, 1.54) is 6.20 Å². The first-order chi connectivity index (χ1) is 10.7. The number of imidazole rings is 1. The number of pyridine rings is 1. The van der Waals surface area contributed by atoms with Gasteiger partial charge >= 0.3 is 6.36 Å². The van der Waals surface area contributed by atoms with E-state index in [-0.39, 0.29) is 5.82 Å². The minimum Gasteiger partial charge on any atom is -0.402 e. The van der Waals surface area contributed by atoms with Gasteiger partial charge in [-0.25, -0.2) is 14.5 Å². The van der Waals surface area contributed by atoms with E-state index in [9.17, 15) is 13.2 Å². The first-order valence-corrected chi connectivity index (χ1v) is 6.58. The number of fused-ring (bicyclic) bond motifs is 1. The summed E-state index contributed by atoms with van der Waals surface area (Å²) in [5.74, 6) is -0.904. The monoisotopic (exact) mass is 323 g/mol. The van der Waals surface area contributed by atoms with Crippen molar-refractivity contribution < 1.29 is 17.9 Å². The summed E-state index contributed by atoms with van der Waals surface area (Å²) in [5, 5.41) is 4.33. The fraction of sp³-hybridized carbons (Fsp3) is 0.214. The number of nitrogens with two attached hydrogens (primary N) is 1. The van der Waals surface area contributed by atoms with Gasteiger partial charge < -0.3 is 10.5 Å². The van der Waals surface area contributed by atoms with Gasteiger partial charge in [0.1, 0.15) is 0 Å². The summed E-state index contributed by atoms with van der Waals surface area (Å²) in [4.78, 5) is 8.06. The molecule has 9 heteroatoms. The molecule has 3 rings (SSSR count). The molecule has 2 N–H and O–H groups in total. The molecule has 0 atom stereocenters. The largest absolute Gasteiger partial charge is 0.573 e. The maximum Gasteiger partial charge on any atom is 0.573 e. The predicted octanol–water partition coefficient (Wildman–Crippen LogP) is 2.89. The summed E-state index contributed by atoms with van der Waals surface area (Å²) >= 11 is 0. The molecule has 0 aromatic carbocycles. The predicted molar refractivity (Wildman–Crippen MR) is 76.8 cm³/mol. The number of alkyl halides is 3. The van der Waals surface area contributed by atoms with Crippen molar-refractivity contribution in [2.45, 2.75) is 20.2 Å². The molecule has 6 nitrogen and oxygen atoms in total. The number of aromatic nitrogens is 4. The van der Waals surface area contributed by atoms with E-state index in [2.05, 4.69) is 19.8 Å². The number of aryl methyl sites for hydroxylation is 2. The van der Waals surface area contributed by atoms with Crippen molar-refractivity contribution in [3.63, 3.8) is 0 Å². The van der Waals surface area contributed by atoms with E-state index in [4.69, 9.17) is 5.73 Å². The van der Waals surface area contributed by atoms with Crippen LogP contribution in [0.1, 0.15) is 11.3 Å². The molecule has 120 valence electrons. The second-order valence-corrected chi connectivity index (χ2v) is 5.02. The highest BCUT2D eigenvalue weighted by molar-refractivity contribution is 5.66. The average molecular weight is 323 g/mol. The van der Waals surface area contributed by atoms with Gasteiger partial charge in [0.2, 0.25) is 0 Å². The fourth-order valence-corrected chi connectivity index (χ4v) is 2.19. The molecule has 3 aromatic rings. The van der Waals surface area contributed by atoms with Crippen molar-refractivity contribution in [3.8, 4) is 17.0 Å². The Bertz CT molecular complexity index is 888. The molecule has 0 unspecified atom stereocenters. The minimum absolute atomic E-state index is 0.345. The SMILES string of the molecule is Cc1cn2nc(-c3cnc(N)c(OC(F)(F)F)c3)cc(C)c2n1. The quantitative estimate of drug-likeness (QED) is 0.784. The summed E-state index contributed by atoms with van der Waals surface area (Å²) in [6.45, 7) is 3.67. The number of hydrogen-bond donors (Lipinski definition) is 1. The Hall–Kier alpha value is -2.84. The van der Waals surface area contributed by atoms with E-state index < -0.39 is 12.1 Å². The third kappa shape index (κ3) is 3.03. The van der Waals surface area contributed by atoms with Crippen molar-refractivity contribution in [2.75, 3.05) is 5.73 Å². The van der Waals surface area contributed by atoms with Gasteiger partial charge in [-0.15, -0.1) is 13.2 Å². The summed E-state index contributed by atoms with van der Waals surface area (Å²) in [6.07, 6.45) is -1.77. The molecule has 0 aliphatic heterocycles. The van der Waals surface area contributed by atoms with Crippen molar-refractivity contribution in [2.24, 2.45) is 0 Å². The zero-order valence-corrected chi connectivity index (χ0v) is 12.2. The second-order valence-electron chi connectivity index (χ2n) is 5.02. The van der Waals surface area contributed by atoms with Gasteiger partial charge in [0.25, 0.3) is 0 Å². The van der Waals surface area contributed by atoms with Crippen LogP contribution in [0.4, 0.5) is 19.0 Å². The lowest BCUT2D eigenvalue weighted by Crippen LogP contribution is -2.18. The minimum atomic E-state index is -4.84. The van der Waals surface area contributed by atoms with Crippen LogP contribution in [-0.4, -0.2) is 25.9 Å². The lowest BCUT2D eigenvalue weighted by Gasteiger charge is -2.12. The van der Waals surface area contributed by atoms with Crippen LogP contribution in [0.25, 0.3) is 16.9 Å². The zero-order valence-electron chi connectivity index (χ0n) is 12.2. The Morgan fingerprint density at radius 2 is 1.96 bits per heavy atom. The summed E-state index contributed by atoms with van der Waals surface area (Å²) in [7, 11) is 0. The van der Waals surface area contributed by atoms with Gasteiger partial charge in [-0.3, -0.25) is 0 Å². The van der Waals surface area contributed by atoms with E-state index in [0.717, 1.165) is 17.3 Å².